The summed E-state index contributed by atoms with van der Waals surface area (Å²) in [6.45, 7) is 29.3. The molecule has 0 aromatic carbocycles. The Hall–Kier alpha value is -10.2. The van der Waals surface area contributed by atoms with Crippen LogP contribution in [-0.2, 0) is 33.7 Å². The van der Waals surface area contributed by atoms with Gasteiger partial charge in [-0.15, -0.1) is 53.2 Å². The second-order valence-electron chi connectivity index (χ2n) is 27.6. The number of guanidine groups is 5. The lowest BCUT2D eigenvalue weighted by Gasteiger charge is -2.22. The van der Waals surface area contributed by atoms with Crippen molar-refractivity contribution < 1.29 is 83.6 Å². The van der Waals surface area contributed by atoms with Gasteiger partial charge in [0, 0.05) is 32.7 Å². The second-order valence-corrected chi connectivity index (χ2v) is 31.1. The molecule has 0 fully saturated rings. The van der Waals surface area contributed by atoms with E-state index in [0.717, 1.165) is 38.2 Å². The molecule has 0 aliphatic heterocycles. The van der Waals surface area contributed by atoms with Crippen LogP contribution in [0.3, 0.4) is 0 Å². The number of sulfonamides is 1. The number of nitrogens with two attached hydrogens (primary N) is 13. The first kappa shape index (κ1) is 123. The molecule has 49 nitrogen and oxygen atoms in total. The summed E-state index contributed by atoms with van der Waals surface area (Å²) in [5.74, 6) is -4.12. The molecule has 60 heteroatoms. The fraction of sp³-hybridized carbons (Fsp3) is 0.565. The molecule has 0 bridgehead atoms. The van der Waals surface area contributed by atoms with Crippen LogP contribution in [0.5, 0.6) is 0 Å². The molecule has 3 rings (SSSR count). The molecular formula is C62H113Cl5F3IN34O15S2. The van der Waals surface area contributed by atoms with E-state index in [0.29, 0.717) is 45.4 Å². The van der Waals surface area contributed by atoms with Gasteiger partial charge >= 0.3 is 46.0 Å². The number of hydrogen-bond donors (Lipinski definition) is 22. The third-order valence-corrected chi connectivity index (χ3v) is 13.2. The third-order valence-electron chi connectivity index (χ3n) is 10.8. The number of nitrogen functional groups attached to an aromatic ring is 6. The molecule has 35 N–H and O–H groups in total. The van der Waals surface area contributed by atoms with E-state index in [1.54, 1.807) is 94.7 Å². The van der Waals surface area contributed by atoms with Gasteiger partial charge in [0.2, 0.25) is 11.9 Å². The summed E-state index contributed by atoms with van der Waals surface area (Å²) in [4.78, 5) is 137. The van der Waals surface area contributed by atoms with Crippen LogP contribution in [0, 0.1) is 5.41 Å². The number of thioether (sulfide) groups is 1. The van der Waals surface area contributed by atoms with E-state index in [4.69, 9.17) is 138 Å². The van der Waals surface area contributed by atoms with Crippen molar-refractivity contribution >= 4 is 229 Å². The highest BCUT2D eigenvalue weighted by molar-refractivity contribution is 14.0. The van der Waals surface area contributed by atoms with Gasteiger partial charge in [0.05, 0.1) is 0 Å². The number of carbonyl (C=O) groups is 8. The van der Waals surface area contributed by atoms with Crippen molar-refractivity contribution in [2.24, 2.45) is 69.5 Å². The Morgan fingerprint density at radius 1 is 0.418 bits per heavy atom. The number of aliphatic imine (C=N–C) groups is 5. The molecule has 0 atom stereocenters. The van der Waals surface area contributed by atoms with E-state index in [1.165, 1.54) is 20.8 Å². The van der Waals surface area contributed by atoms with E-state index in [1.807, 2.05) is 0 Å². The number of amidine groups is 2. The van der Waals surface area contributed by atoms with Gasteiger partial charge in [-0.3, -0.25) is 82.0 Å². The summed E-state index contributed by atoms with van der Waals surface area (Å²) in [5, 5.41) is 25.0. The van der Waals surface area contributed by atoms with Crippen molar-refractivity contribution in [3.8, 4) is 0 Å². The van der Waals surface area contributed by atoms with Crippen LogP contribution >= 0.6 is 95.4 Å². The Bertz CT molecular complexity index is 4160. The maximum atomic E-state index is 12.2. The number of hydrogen-bond acceptors (Lipinski definition) is 37. The third kappa shape index (κ3) is 61.2. The van der Waals surface area contributed by atoms with Crippen molar-refractivity contribution in [3.05, 3.63) is 32.5 Å². The van der Waals surface area contributed by atoms with E-state index in [-0.39, 0.29) is 164 Å². The molecule has 0 aliphatic carbocycles. The fourth-order valence-corrected chi connectivity index (χ4v) is 7.42. The van der Waals surface area contributed by atoms with E-state index in [2.05, 4.69) is 96.5 Å². The molecule has 0 aliphatic rings. The zero-order valence-corrected chi connectivity index (χ0v) is 77.7. The number of alkyl carbamates (subject to hydrolysis) is 5. The summed E-state index contributed by atoms with van der Waals surface area (Å²) in [5.41, 5.74) is 60.2. The van der Waals surface area contributed by atoms with Gasteiger partial charge in [-0.05, 0) is 162 Å². The lowest BCUT2D eigenvalue weighted by molar-refractivity contribution is -0.0436. The minimum Gasteiger partial charge on any atom is -0.444 e. The maximum Gasteiger partial charge on any atom is 0.518 e. The Balaban J connectivity index is -0.000000347. The summed E-state index contributed by atoms with van der Waals surface area (Å²) in [6, 6.07) is 0. The van der Waals surface area contributed by atoms with Crippen LogP contribution in [0.15, 0.2) is 29.4 Å². The fourth-order valence-electron chi connectivity index (χ4n) is 6.34. The average molecular weight is 2000 g/mol. The maximum absolute atomic E-state index is 12.2. The molecule has 0 spiro atoms. The van der Waals surface area contributed by atoms with Crippen LogP contribution in [0.25, 0.3) is 0 Å². The molecule has 3 aromatic heterocycles. The molecule has 3 heterocycles. The van der Waals surface area contributed by atoms with Gasteiger partial charge in [-0.1, -0.05) is 46.6 Å². The highest BCUT2D eigenvalue weighted by Gasteiger charge is 2.46. The van der Waals surface area contributed by atoms with Crippen molar-refractivity contribution in [1.82, 2.24) is 72.4 Å². The van der Waals surface area contributed by atoms with Gasteiger partial charge in [0.15, 0.2) is 90.5 Å². The highest BCUT2D eigenvalue weighted by Crippen LogP contribution is 2.25. The molecular weight excluding hydrogens is 1890 g/mol. The number of rotatable bonds is 17. The predicted octanol–water partition coefficient (Wildman–Crippen LogP) is 3.73. The van der Waals surface area contributed by atoms with E-state index >= 15 is 0 Å². The molecule has 8 amide bonds. The van der Waals surface area contributed by atoms with Gasteiger partial charge in [0.25, 0.3) is 17.7 Å². The van der Waals surface area contributed by atoms with Gasteiger partial charge in [-0.25, -0.2) is 53.9 Å². The average Bonchev–Trinajstić information content (AvgIpc) is 0.845. The number of alkyl halides is 3. The first-order valence-electron chi connectivity index (χ1n) is 34.4. The van der Waals surface area contributed by atoms with Crippen molar-refractivity contribution in [2.45, 2.75) is 170 Å². The second kappa shape index (κ2) is 58.8. The zero-order chi connectivity index (χ0) is 93.0. The lowest BCUT2D eigenvalue weighted by Crippen LogP contribution is -2.47. The molecule has 0 saturated carbocycles. The Kier molecular flexibility index (Phi) is 59.1. The van der Waals surface area contributed by atoms with Crippen LogP contribution in [0.4, 0.5) is 72.1 Å². The summed E-state index contributed by atoms with van der Waals surface area (Å²) in [7, 11) is -5.67. The Morgan fingerprint density at radius 2 is 0.672 bits per heavy atom. The number of nitrogens with one attached hydrogen (secondary N) is 9. The molecule has 696 valence electrons. The molecule has 0 saturated heterocycles. The quantitative estimate of drug-likeness (QED) is 0.0301. The SMILES string of the molecule is CC(=NS(=O)(=O)C(F)(F)F)NC(=O)OC(C)(C)C.CC(C)(C)OC(=O)NC(=NCCCN)NC(=O)OC(C)(C)C.CC(C)(C)OC(=O)NC(=NCCCN=C(N)NC(=O)c1nc(Cl)c(N)nc1N)NC(=O)OC(C)(C)C.CSC(=N)NC(=O)c1nc(Cl)c(N)nc1N.Cl.Cl.I.NC(N)=NCCCN=C(N)NC(=O)c1nc(Cl)c(N)nc1N.NCCCN. The van der Waals surface area contributed by atoms with Crippen molar-refractivity contribution in [3.63, 3.8) is 0 Å². The number of ether oxygens (including phenoxy) is 5. The molecule has 0 radical (unpaired) electrons. The van der Waals surface area contributed by atoms with Gasteiger partial charge in [0.1, 0.15) is 33.8 Å². The largest absolute Gasteiger partial charge is 0.518 e. The first-order valence-corrected chi connectivity index (χ1v) is 38.2. The van der Waals surface area contributed by atoms with E-state index in [9.17, 15) is 59.9 Å². The summed E-state index contributed by atoms with van der Waals surface area (Å²) in [6.07, 6.45) is -0.0410. The number of halogens is 9. The number of anilines is 6. The van der Waals surface area contributed by atoms with Crippen LogP contribution in [0.2, 0.25) is 15.5 Å². The Morgan fingerprint density at radius 3 is 0.918 bits per heavy atom. The molecule has 122 heavy (non-hydrogen) atoms. The van der Waals surface area contributed by atoms with Gasteiger partial charge < -0.3 is 104 Å². The number of nitrogens with zero attached hydrogens (tertiary/aromatic N) is 12. The zero-order valence-electron chi connectivity index (χ0n) is 69.8. The van der Waals surface area contributed by atoms with Crippen molar-refractivity contribution in [1.29, 1.82) is 5.41 Å². The normalized spacial score (nSPS) is 11.3. The standard InChI is InChI=1S/C20H33ClN10O5.C14H28N4O4.C10H17ClN10O.C8H13F3N2O4S.C7H9ClN6OS.C3H10N2.2ClH.HI/c1-19(2,3)35-17(33)30-16(31-18(34)36-20(4,5)6)26-9-7-8-25-15(24)29-14(32)10-12(22)28-13(23)11(21)27-10;1-13(2,3)21-11(19)17-10(16-9-7-8-15)18-12(20)22-14(4,5)6;11-5-7(13)20-6(12)4(19-5)8(22)21-10(16)18-3-1-2-17-9(14)15;1-5(12-6(14)17-7(2,3)4)13-18(15,16)8(9,10)11;1-16-7(11)14-6(15)2-4(9)13-5(10)3(8)12-2;4-2-1-3-5;;;/h7-9H2,1-6H3,(H4,22,23,28)(H3,24,25,29,32)(H2,26,30,31,33,34);7-9,15H2,1-6H3,(H2,16,17,18,19,20);1-3H2,(H4,12,13,20)(H4,14,15,17)(H3,16,18,21,22);1-4H3,(H,12,13,14);1H3,(H4,9,10,13)(H2,11,14,15);1-5H2;3*1H. The summed E-state index contributed by atoms with van der Waals surface area (Å²) < 4.78 is 84.8. The highest BCUT2D eigenvalue weighted by atomic mass is 127. The number of carbonyl (C=O) groups excluding carboxylic acids is 8. The topological polar surface area (TPSA) is 827 Å². The number of amides is 8. The van der Waals surface area contributed by atoms with Crippen LogP contribution < -0.4 is 117 Å². The van der Waals surface area contributed by atoms with Gasteiger partial charge in [-0.2, -0.15) is 21.6 Å². The van der Waals surface area contributed by atoms with Crippen LogP contribution in [-0.4, -0.2) is 219 Å². The minimum atomic E-state index is -5.67. The predicted molar refractivity (Wildman–Crippen MR) is 480 cm³/mol. The molecule has 3 aromatic rings. The van der Waals surface area contributed by atoms with Crippen LogP contribution in [0.1, 0.15) is 168 Å². The minimum absolute atomic E-state index is 0. The monoisotopic (exact) mass is 2000 g/mol. The number of aromatic nitrogens is 6. The smallest absolute Gasteiger partial charge is 0.444 e. The lowest BCUT2D eigenvalue weighted by atomic mass is 10.2. The van der Waals surface area contributed by atoms with Crippen molar-refractivity contribution in [2.75, 3.05) is 93.0 Å². The van der Waals surface area contributed by atoms with E-state index < -0.39 is 97.6 Å². The first-order chi connectivity index (χ1) is 54.3. The summed E-state index contributed by atoms with van der Waals surface area (Å²) >= 11 is 18.1. The molecule has 0 unspecified atom stereocenters. The Labute approximate surface area is 751 Å².